The molecule has 1 amide bonds. The van der Waals surface area contributed by atoms with Crippen LogP contribution in [0, 0.1) is 19.8 Å². The first-order chi connectivity index (χ1) is 11.5. The van der Waals surface area contributed by atoms with Crippen molar-refractivity contribution >= 4 is 5.91 Å². The Morgan fingerprint density at radius 3 is 2.29 bits per heavy atom. The van der Waals surface area contributed by atoms with Gasteiger partial charge < -0.3 is 15.8 Å². The summed E-state index contributed by atoms with van der Waals surface area (Å²) in [4.78, 5) is 12.3. The predicted molar refractivity (Wildman–Crippen MR) is 97.0 cm³/mol. The fourth-order valence-electron chi connectivity index (χ4n) is 2.52. The van der Waals surface area contributed by atoms with E-state index in [9.17, 15) is 4.79 Å². The second-order valence-electron chi connectivity index (χ2n) is 6.14. The van der Waals surface area contributed by atoms with E-state index in [-0.39, 0.29) is 17.9 Å². The van der Waals surface area contributed by atoms with Gasteiger partial charge in [0.15, 0.2) is 0 Å². The van der Waals surface area contributed by atoms with Crippen molar-refractivity contribution in [2.24, 2.45) is 11.7 Å². The van der Waals surface area contributed by atoms with Gasteiger partial charge in [0.1, 0.15) is 12.4 Å². The van der Waals surface area contributed by atoms with E-state index in [1.54, 1.807) is 0 Å². The number of hydrogen-bond acceptors (Lipinski definition) is 3. The van der Waals surface area contributed by atoms with Crippen LogP contribution in [-0.4, -0.2) is 19.1 Å². The van der Waals surface area contributed by atoms with E-state index >= 15 is 0 Å². The molecular weight excluding hydrogens is 300 g/mol. The molecule has 0 saturated carbocycles. The molecule has 0 bridgehead atoms. The molecule has 0 aliphatic rings. The maximum Gasteiger partial charge on any atom is 0.224 e. The van der Waals surface area contributed by atoms with E-state index in [1.807, 2.05) is 69.3 Å². The number of carbonyl (C=O) groups excluding carboxylic acids is 1. The Morgan fingerprint density at radius 1 is 1.08 bits per heavy atom. The zero-order valence-electron chi connectivity index (χ0n) is 14.6. The van der Waals surface area contributed by atoms with Crippen LogP contribution < -0.4 is 15.8 Å². The largest absolute Gasteiger partial charge is 0.491 e. The van der Waals surface area contributed by atoms with Crippen LogP contribution in [-0.2, 0) is 4.79 Å². The Labute approximate surface area is 144 Å². The number of nitrogens with two attached hydrogens (primary N) is 1. The Morgan fingerprint density at radius 2 is 1.71 bits per heavy atom. The summed E-state index contributed by atoms with van der Waals surface area (Å²) in [5.74, 6) is 0.590. The maximum atomic E-state index is 12.3. The number of benzene rings is 2. The smallest absolute Gasteiger partial charge is 0.224 e. The van der Waals surface area contributed by atoms with Crippen molar-refractivity contribution in [2.45, 2.75) is 26.8 Å². The van der Waals surface area contributed by atoms with Gasteiger partial charge in [-0.2, -0.15) is 0 Å². The number of nitrogens with one attached hydrogen (secondary N) is 1. The van der Waals surface area contributed by atoms with Crippen molar-refractivity contribution < 1.29 is 9.53 Å². The van der Waals surface area contributed by atoms with Crippen LogP contribution in [0.15, 0.2) is 48.5 Å². The molecule has 0 aromatic heterocycles. The number of carbonyl (C=O) groups is 1. The molecule has 2 aromatic carbocycles. The quantitative estimate of drug-likeness (QED) is 0.821. The minimum absolute atomic E-state index is 0.0588. The molecule has 0 radical (unpaired) electrons. The van der Waals surface area contributed by atoms with Gasteiger partial charge in [-0.25, -0.2) is 0 Å². The molecule has 0 aliphatic carbocycles. The fourth-order valence-corrected chi connectivity index (χ4v) is 2.52. The molecule has 0 heterocycles. The first kappa shape index (κ1) is 18.0. The van der Waals surface area contributed by atoms with E-state index in [4.69, 9.17) is 10.5 Å². The Balaban J connectivity index is 2.16. The summed E-state index contributed by atoms with van der Waals surface area (Å²) >= 11 is 0. The molecule has 4 heteroatoms. The zero-order chi connectivity index (χ0) is 17.5. The third-order valence-electron chi connectivity index (χ3n) is 4.12. The third kappa shape index (κ3) is 4.59. The topological polar surface area (TPSA) is 64.3 Å². The summed E-state index contributed by atoms with van der Waals surface area (Å²) in [5, 5.41) is 3.05. The molecule has 128 valence electrons. The third-order valence-corrected chi connectivity index (χ3v) is 4.12. The van der Waals surface area contributed by atoms with Crippen LogP contribution in [0.2, 0.25) is 0 Å². The van der Waals surface area contributed by atoms with E-state index in [0.717, 1.165) is 22.4 Å². The van der Waals surface area contributed by atoms with Gasteiger partial charge in [-0.15, -0.1) is 0 Å². The molecular formula is C20H26N2O2. The molecule has 2 aromatic rings. The Hall–Kier alpha value is -2.33. The number of rotatable bonds is 7. The van der Waals surface area contributed by atoms with Crippen molar-refractivity contribution in [1.82, 2.24) is 5.32 Å². The van der Waals surface area contributed by atoms with Gasteiger partial charge in [0, 0.05) is 12.5 Å². The highest BCUT2D eigenvalue weighted by atomic mass is 16.5. The lowest BCUT2D eigenvalue weighted by Gasteiger charge is -2.22. The van der Waals surface area contributed by atoms with Gasteiger partial charge in [-0.3, -0.25) is 4.79 Å². The minimum Gasteiger partial charge on any atom is -0.491 e. The standard InChI is InChI=1S/C20H26N2O2/c1-14-8-7-9-15(2)19(14)24-13-18(17-10-5-4-6-11-17)22-20(23)16(3)12-21/h4-11,16,18H,12-13,21H2,1-3H3,(H,22,23). The summed E-state index contributed by atoms with van der Waals surface area (Å²) in [6.07, 6.45) is 0. The summed E-state index contributed by atoms with van der Waals surface area (Å²) in [5.41, 5.74) is 8.79. The number of ether oxygens (including phenoxy) is 1. The van der Waals surface area contributed by atoms with Gasteiger partial charge in [0.05, 0.1) is 6.04 Å². The van der Waals surface area contributed by atoms with Crippen LogP contribution in [0.25, 0.3) is 0 Å². The highest BCUT2D eigenvalue weighted by Crippen LogP contribution is 2.24. The van der Waals surface area contributed by atoms with Crippen LogP contribution in [0.1, 0.15) is 29.7 Å². The first-order valence-electron chi connectivity index (χ1n) is 8.27. The van der Waals surface area contributed by atoms with Crippen LogP contribution >= 0.6 is 0 Å². The van der Waals surface area contributed by atoms with Crippen LogP contribution in [0.3, 0.4) is 0 Å². The van der Waals surface area contributed by atoms with Gasteiger partial charge in [-0.1, -0.05) is 55.5 Å². The first-order valence-corrected chi connectivity index (χ1v) is 8.27. The lowest BCUT2D eigenvalue weighted by atomic mass is 10.1. The van der Waals surface area contributed by atoms with Gasteiger partial charge in [0.2, 0.25) is 5.91 Å². The second kappa shape index (κ2) is 8.50. The molecule has 2 atom stereocenters. The molecule has 0 saturated heterocycles. The number of para-hydroxylation sites is 1. The normalized spacial score (nSPS) is 13.2. The van der Waals surface area contributed by atoms with Crippen molar-refractivity contribution in [2.75, 3.05) is 13.2 Å². The lowest BCUT2D eigenvalue weighted by Crippen LogP contribution is -2.38. The molecule has 0 aliphatic heterocycles. The molecule has 4 nitrogen and oxygen atoms in total. The monoisotopic (exact) mass is 326 g/mol. The van der Waals surface area contributed by atoms with Crippen molar-refractivity contribution in [3.8, 4) is 5.75 Å². The maximum absolute atomic E-state index is 12.3. The zero-order valence-corrected chi connectivity index (χ0v) is 14.6. The van der Waals surface area contributed by atoms with E-state index in [1.165, 1.54) is 0 Å². The predicted octanol–water partition coefficient (Wildman–Crippen LogP) is 3.13. The van der Waals surface area contributed by atoms with Gasteiger partial charge >= 0.3 is 0 Å². The van der Waals surface area contributed by atoms with Crippen molar-refractivity contribution in [3.05, 3.63) is 65.2 Å². The molecule has 3 N–H and O–H groups in total. The van der Waals surface area contributed by atoms with Gasteiger partial charge in [-0.05, 0) is 30.5 Å². The van der Waals surface area contributed by atoms with Crippen LogP contribution in [0.4, 0.5) is 0 Å². The molecule has 24 heavy (non-hydrogen) atoms. The number of hydrogen-bond donors (Lipinski definition) is 2. The number of aryl methyl sites for hydroxylation is 2. The SMILES string of the molecule is Cc1cccc(C)c1OCC(NC(=O)C(C)CN)c1ccccc1. The molecule has 0 spiro atoms. The molecule has 2 rings (SSSR count). The summed E-state index contributed by atoms with van der Waals surface area (Å²) in [6, 6.07) is 15.7. The van der Waals surface area contributed by atoms with Crippen LogP contribution in [0.5, 0.6) is 5.75 Å². The average molecular weight is 326 g/mol. The fraction of sp³-hybridized carbons (Fsp3) is 0.350. The second-order valence-corrected chi connectivity index (χ2v) is 6.14. The van der Waals surface area contributed by atoms with E-state index in [0.29, 0.717) is 13.2 Å². The highest BCUT2D eigenvalue weighted by Gasteiger charge is 2.19. The average Bonchev–Trinajstić information content (AvgIpc) is 2.60. The minimum atomic E-state index is -0.226. The lowest BCUT2D eigenvalue weighted by molar-refractivity contribution is -0.125. The Kier molecular flexibility index (Phi) is 6.38. The summed E-state index contributed by atoms with van der Waals surface area (Å²) in [7, 11) is 0. The summed E-state index contributed by atoms with van der Waals surface area (Å²) in [6.45, 7) is 6.57. The van der Waals surface area contributed by atoms with Gasteiger partial charge in [0.25, 0.3) is 0 Å². The van der Waals surface area contributed by atoms with Crippen molar-refractivity contribution in [1.29, 1.82) is 0 Å². The number of amides is 1. The molecule has 0 fully saturated rings. The highest BCUT2D eigenvalue weighted by molar-refractivity contribution is 5.79. The summed E-state index contributed by atoms with van der Waals surface area (Å²) < 4.78 is 6.05. The van der Waals surface area contributed by atoms with E-state index in [2.05, 4.69) is 5.32 Å². The van der Waals surface area contributed by atoms with Crippen molar-refractivity contribution in [3.63, 3.8) is 0 Å². The molecule has 2 unspecified atom stereocenters. The van der Waals surface area contributed by atoms with E-state index < -0.39 is 0 Å². The Bertz CT molecular complexity index is 650.